The summed E-state index contributed by atoms with van der Waals surface area (Å²) in [6.45, 7) is 1.58. The minimum atomic E-state index is -4.26. The Morgan fingerprint density at radius 2 is 2.03 bits per heavy atom. The van der Waals surface area contributed by atoms with Gasteiger partial charge >= 0.3 is 0 Å². The summed E-state index contributed by atoms with van der Waals surface area (Å²) in [5.41, 5.74) is 0.913. The predicted molar refractivity (Wildman–Crippen MR) is 114 cm³/mol. The maximum atomic E-state index is 15.0. The van der Waals surface area contributed by atoms with Crippen LogP contribution in [0.4, 0.5) is 10.1 Å². The molecule has 32 heavy (non-hydrogen) atoms. The van der Waals surface area contributed by atoms with Gasteiger partial charge in [0.15, 0.2) is 16.4 Å². The van der Waals surface area contributed by atoms with Crippen molar-refractivity contribution in [3.8, 4) is 11.6 Å². The minimum absolute atomic E-state index is 0.0777. The van der Waals surface area contributed by atoms with Gasteiger partial charge in [-0.2, -0.15) is 5.10 Å². The third kappa shape index (κ3) is 4.27. The number of hydrogen-bond donors (Lipinski definition) is 2. The van der Waals surface area contributed by atoms with E-state index in [1.165, 1.54) is 31.8 Å². The maximum Gasteiger partial charge on any atom is 0.267 e. The van der Waals surface area contributed by atoms with Crippen molar-refractivity contribution in [2.45, 2.75) is 18.4 Å². The van der Waals surface area contributed by atoms with Crippen molar-refractivity contribution in [2.24, 2.45) is 0 Å². The Bertz CT molecular complexity index is 1410. The van der Waals surface area contributed by atoms with E-state index in [1.807, 2.05) is 6.92 Å². The first kappa shape index (κ1) is 21.7. The number of halogens is 2. The lowest BCUT2D eigenvalue weighted by Crippen LogP contribution is -2.16. The van der Waals surface area contributed by atoms with E-state index in [9.17, 15) is 12.8 Å². The average molecular weight is 479 g/mol. The molecule has 4 aromatic heterocycles. The molecule has 4 rings (SSSR count). The molecule has 0 saturated carbocycles. The molecule has 0 bridgehead atoms. The fraction of sp³-hybridized carbons (Fsp3) is 0.158. The summed E-state index contributed by atoms with van der Waals surface area (Å²) >= 11 is 5.86. The first-order chi connectivity index (χ1) is 15.3. The Kier molecular flexibility index (Phi) is 5.80. The van der Waals surface area contributed by atoms with Gasteiger partial charge in [0.1, 0.15) is 18.1 Å². The van der Waals surface area contributed by atoms with Gasteiger partial charge in [0.2, 0.25) is 5.88 Å². The number of pyridine rings is 3. The number of aryl methyl sites for hydroxylation is 1. The summed E-state index contributed by atoms with van der Waals surface area (Å²) in [5, 5.41) is 7.69. The molecule has 0 aliphatic rings. The van der Waals surface area contributed by atoms with Crippen molar-refractivity contribution < 1.29 is 22.3 Å². The van der Waals surface area contributed by atoms with E-state index in [2.05, 4.69) is 29.9 Å². The number of fused-ring (bicyclic) bond motifs is 1. The van der Waals surface area contributed by atoms with Crippen molar-refractivity contribution >= 4 is 38.3 Å². The Hall–Kier alpha value is -3.51. The van der Waals surface area contributed by atoms with Gasteiger partial charge in [-0.15, -0.1) is 0 Å². The molecule has 4 aromatic rings. The largest absolute Gasteiger partial charge is 0.486 e. The SMILES string of the molecule is COc1ncc(Cl)cc1S(=O)(=O)Nc1ccnc(COc2cnc3n[nH]c(C)c3c2)c1F. The molecule has 2 N–H and O–H groups in total. The third-order valence-corrected chi connectivity index (χ3v) is 5.99. The standard InChI is InChI=1S/C19H16ClFN6O4S/c1-10-13-6-12(8-23-18(13)26-25-10)31-9-15-17(21)14(3-4-22-15)27-32(28,29)16-5-11(20)7-24-19(16)30-2/h3-8H,9H2,1-2H3,(H,22,27)(H,23,25,26). The molecule has 0 aliphatic heterocycles. The number of nitrogens with zero attached hydrogens (tertiary/aromatic N) is 4. The number of methoxy groups -OCH3 is 1. The molecule has 0 fully saturated rings. The Labute approximate surface area is 186 Å². The summed E-state index contributed by atoms with van der Waals surface area (Å²) in [4.78, 5) is 11.6. The van der Waals surface area contributed by atoms with Crippen molar-refractivity contribution in [3.63, 3.8) is 0 Å². The van der Waals surface area contributed by atoms with Gasteiger partial charge in [-0.1, -0.05) is 11.6 Å². The van der Waals surface area contributed by atoms with Gasteiger partial charge in [-0.05, 0) is 25.1 Å². The lowest BCUT2D eigenvalue weighted by Gasteiger charge is -2.13. The van der Waals surface area contributed by atoms with Crippen LogP contribution in [-0.4, -0.2) is 40.7 Å². The molecule has 0 aliphatic carbocycles. The number of sulfonamides is 1. The van der Waals surface area contributed by atoms with Crippen LogP contribution in [0.5, 0.6) is 11.6 Å². The van der Waals surface area contributed by atoms with E-state index in [1.54, 1.807) is 6.07 Å². The smallest absolute Gasteiger partial charge is 0.267 e. The van der Waals surface area contributed by atoms with Crippen molar-refractivity contribution in [1.82, 2.24) is 25.1 Å². The molecule has 0 aromatic carbocycles. The molecule has 0 spiro atoms. The lowest BCUT2D eigenvalue weighted by atomic mass is 10.3. The molecular formula is C19H16ClFN6O4S. The molecule has 0 radical (unpaired) electrons. The van der Waals surface area contributed by atoms with Crippen molar-refractivity contribution in [1.29, 1.82) is 0 Å². The summed E-state index contributed by atoms with van der Waals surface area (Å²) in [5.74, 6) is -0.695. The molecule has 0 amide bonds. The summed E-state index contributed by atoms with van der Waals surface area (Å²) in [7, 11) is -3.00. The van der Waals surface area contributed by atoms with Gasteiger partial charge in [-0.3, -0.25) is 14.8 Å². The quantitative estimate of drug-likeness (QED) is 0.413. The van der Waals surface area contributed by atoms with Gasteiger partial charge < -0.3 is 9.47 Å². The molecular weight excluding hydrogens is 463 g/mol. The van der Waals surface area contributed by atoms with Crippen LogP contribution in [0.1, 0.15) is 11.4 Å². The van der Waals surface area contributed by atoms with E-state index in [4.69, 9.17) is 21.1 Å². The Morgan fingerprint density at radius 3 is 2.81 bits per heavy atom. The highest BCUT2D eigenvalue weighted by molar-refractivity contribution is 7.92. The number of H-pyrrole nitrogens is 1. The molecule has 13 heteroatoms. The Morgan fingerprint density at radius 1 is 1.22 bits per heavy atom. The highest BCUT2D eigenvalue weighted by Gasteiger charge is 2.24. The molecule has 0 saturated heterocycles. The maximum absolute atomic E-state index is 15.0. The average Bonchev–Trinajstić information content (AvgIpc) is 3.14. The zero-order valence-electron chi connectivity index (χ0n) is 16.8. The van der Waals surface area contributed by atoms with E-state index < -0.39 is 15.8 Å². The first-order valence-electron chi connectivity index (χ1n) is 9.07. The van der Waals surface area contributed by atoms with Crippen LogP contribution in [0.15, 0.2) is 41.7 Å². The van der Waals surface area contributed by atoms with Crippen LogP contribution in [0, 0.1) is 12.7 Å². The van der Waals surface area contributed by atoms with Crippen LogP contribution in [-0.2, 0) is 16.6 Å². The second kappa shape index (κ2) is 8.55. The second-order valence-electron chi connectivity index (χ2n) is 6.57. The topological polar surface area (TPSA) is 132 Å². The lowest BCUT2D eigenvalue weighted by molar-refractivity contribution is 0.294. The Balaban J connectivity index is 1.57. The van der Waals surface area contributed by atoms with Crippen LogP contribution in [0.25, 0.3) is 11.0 Å². The molecule has 10 nitrogen and oxygen atoms in total. The van der Waals surface area contributed by atoms with Crippen molar-refractivity contribution in [2.75, 3.05) is 11.8 Å². The van der Waals surface area contributed by atoms with E-state index >= 15 is 0 Å². The van der Waals surface area contributed by atoms with Gasteiger partial charge in [0.25, 0.3) is 10.0 Å². The fourth-order valence-corrected chi connectivity index (χ4v) is 4.28. The summed E-state index contributed by atoms with van der Waals surface area (Å²) < 4.78 is 53.3. The number of aromatic nitrogens is 5. The highest BCUT2D eigenvalue weighted by Crippen LogP contribution is 2.28. The van der Waals surface area contributed by atoms with Crippen LogP contribution in [0.2, 0.25) is 5.02 Å². The second-order valence-corrected chi connectivity index (χ2v) is 8.65. The number of nitrogens with one attached hydrogen (secondary N) is 2. The number of anilines is 1. The van der Waals surface area contributed by atoms with Crippen LogP contribution in [0.3, 0.4) is 0 Å². The zero-order chi connectivity index (χ0) is 22.9. The predicted octanol–water partition coefficient (Wildman–Crippen LogP) is 3.24. The van der Waals surface area contributed by atoms with E-state index in [0.29, 0.717) is 11.4 Å². The molecule has 166 valence electrons. The summed E-state index contributed by atoms with van der Waals surface area (Å²) in [6, 6.07) is 4.05. The normalized spacial score (nSPS) is 11.5. The monoisotopic (exact) mass is 478 g/mol. The van der Waals surface area contributed by atoms with Crippen molar-refractivity contribution in [3.05, 3.63) is 59.0 Å². The number of ether oxygens (including phenoxy) is 2. The van der Waals surface area contributed by atoms with Gasteiger partial charge in [0.05, 0.1) is 24.0 Å². The van der Waals surface area contributed by atoms with Crippen LogP contribution >= 0.6 is 11.6 Å². The summed E-state index contributed by atoms with van der Waals surface area (Å²) in [6.07, 6.45) is 3.94. The van der Waals surface area contributed by atoms with Crippen LogP contribution < -0.4 is 14.2 Å². The minimum Gasteiger partial charge on any atom is -0.486 e. The third-order valence-electron chi connectivity index (χ3n) is 4.42. The molecule has 4 heterocycles. The number of aromatic amines is 1. The highest BCUT2D eigenvalue weighted by atomic mass is 35.5. The number of rotatable bonds is 7. The van der Waals surface area contributed by atoms with Gasteiger partial charge in [-0.25, -0.2) is 22.8 Å². The molecule has 0 atom stereocenters. The first-order valence-corrected chi connectivity index (χ1v) is 10.9. The zero-order valence-corrected chi connectivity index (χ0v) is 18.3. The van der Waals surface area contributed by atoms with E-state index in [0.717, 1.165) is 17.1 Å². The number of hydrogen-bond acceptors (Lipinski definition) is 8. The van der Waals surface area contributed by atoms with E-state index in [-0.39, 0.29) is 33.8 Å². The van der Waals surface area contributed by atoms with Gasteiger partial charge in [0, 0.05) is 23.5 Å². The fourth-order valence-electron chi connectivity index (χ4n) is 2.85. The molecule has 0 unspecified atom stereocenters.